The summed E-state index contributed by atoms with van der Waals surface area (Å²) in [6.07, 6.45) is -2.80. The molecule has 0 saturated carbocycles. The van der Waals surface area contributed by atoms with E-state index in [0.717, 1.165) is 13.8 Å². The third-order valence-corrected chi connectivity index (χ3v) is 18.3. The van der Waals surface area contributed by atoms with E-state index in [2.05, 4.69) is 69.1 Å². The molecule has 17 atom stereocenters. The second-order valence-electron chi connectivity index (χ2n) is 28.5. The molecule has 2 fully saturated rings. The number of amides is 13. The molecule has 13 amide bonds. The van der Waals surface area contributed by atoms with Crippen molar-refractivity contribution in [1.29, 1.82) is 5.41 Å². The van der Waals surface area contributed by atoms with Crippen LogP contribution in [-0.2, 0) is 78.3 Å². The molecule has 1 aromatic rings. The van der Waals surface area contributed by atoms with E-state index in [9.17, 15) is 77.3 Å². The third kappa shape index (κ3) is 27.1. The van der Waals surface area contributed by atoms with Crippen LogP contribution in [0.4, 0.5) is 0 Å². The number of hydrogen-bond donors (Lipinski definition) is 17. The maximum Gasteiger partial charge on any atom is 0.302 e. The summed E-state index contributed by atoms with van der Waals surface area (Å²) in [5.41, 5.74) is 5.69. The van der Waals surface area contributed by atoms with Gasteiger partial charge in [0.25, 0.3) is 5.91 Å². The van der Waals surface area contributed by atoms with E-state index >= 15 is 0 Å². The zero-order valence-corrected chi connectivity index (χ0v) is 63.2. The van der Waals surface area contributed by atoms with Crippen LogP contribution < -0.4 is 74.9 Å². The average Bonchev–Trinajstić information content (AvgIpc) is 1.53. The molecule has 2 heterocycles. The van der Waals surface area contributed by atoms with Crippen LogP contribution in [0.5, 0.6) is 0 Å². The van der Waals surface area contributed by atoms with Gasteiger partial charge in [0.1, 0.15) is 84.3 Å². The first kappa shape index (κ1) is 88.9. The van der Waals surface area contributed by atoms with Gasteiger partial charge >= 0.3 is 5.97 Å². The lowest BCUT2D eigenvalue weighted by Gasteiger charge is -2.33. The van der Waals surface area contributed by atoms with E-state index in [-0.39, 0.29) is 63.5 Å². The molecule has 2 saturated heterocycles. The van der Waals surface area contributed by atoms with Gasteiger partial charge in [-0.3, -0.25) is 72.5 Å². The van der Waals surface area contributed by atoms with Gasteiger partial charge in [0.05, 0.1) is 12.2 Å². The highest BCUT2D eigenvalue weighted by molar-refractivity contribution is 6.03. The fraction of sp³-hybridized carbons (Fsp3) is 0.676. The third-order valence-electron chi connectivity index (χ3n) is 18.3. The fourth-order valence-corrected chi connectivity index (χ4v) is 11.8. The molecule has 33 heteroatoms. The van der Waals surface area contributed by atoms with Crippen molar-refractivity contribution in [2.24, 2.45) is 41.2 Å². The summed E-state index contributed by atoms with van der Waals surface area (Å²) >= 11 is 0. The second-order valence-corrected chi connectivity index (χ2v) is 28.5. The molecular formula is C71H116N16O17. The summed E-state index contributed by atoms with van der Waals surface area (Å²) < 4.78 is 5.35. The van der Waals surface area contributed by atoms with Crippen LogP contribution in [0.3, 0.4) is 0 Å². The number of benzene rings is 1. The standard InChI is InChI=1S/C71H116N16O17/c1-18-38(12)53-65(98)78-48(33-44-26-22-21-23-27-44)60(93)75-45(20-3)58(91)79-50(35(6)7)64(97)86-57(42(16)104-43(17)90)69(102)85-56(41(15)89)67(100)80-51(36(8)9)63(96)81-52(37(10)11)70(103)87-31-25-29-49(87)62(95)76-46(28-24-30-74-71(72)73)59(92)77-47(32-34(4)5)61(94)84-55(40(14)88)68(101)83-54(39(13)19-2)66(99)82-53/h20-23,26-27,34-42,46-57,88-89H,18-19,24-25,28-33H2,1-17H3,(H,75,93)(H,76,95)(H,77,92)(H,78,98)(H,79,91)(H,80,100)(H,81,96)(H,82,99)(H,83,101)(H,84,94)(H,85,102)(H,86,97)(H4,72,73,74)/b45-20-/t38-,39+,40-,41+,42+,46+,47-,48+,49+,50-,51-,52+,53-,54+,55-,56+,57+/m1/s1. The van der Waals surface area contributed by atoms with Crippen molar-refractivity contribution in [3.63, 3.8) is 0 Å². The SMILES string of the molecule is C/C=C1\NC(=O)[C@H](Cc2ccccc2)NC(=O)[C@@H]([C@H](C)CC)NC(=O)[C@H]([C@@H](C)CC)NC(=O)[C@@H]([C@@H](C)O)NC(=O)[C@@H](CC(C)C)NC(=O)[C@H](CCCNC(=N)N)NC(=O)[C@@H]2CCCN2C(=O)[C@H](C(C)C)NC(=O)[C@@H](C(C)C)NC(=O)[C@H]([C@H](C)O)NC(=O)[C@H]([C@H](C)OC(C)=O)NC(=O)[C@@H](C(C)C)NC1=O. The Kier molecular flexibility index (Phi) is 36.3. The van der Waals surface area contributed by atoms with E-state index in [0.29, 0.717) is 18.4 Å². The summed E-state index contributed by atoms with van der Waals surface area (Å²) in [5, 5.41) is 64.0. The van der Waals surface area contributed by atoms with Crippen LogP contribution in [0, 0.1) is 40.9 Å². The van der Waals surface area contributed by atoms with Crippen molar-refractivity contribution < 1.29 is 82.1 Å². The molecule has 0 unspecified atom stereocenters. The highest BCUT2D eigenvalue weighted by Gasteiger charge is 2.44. The zero-order chi connectivity index (χ0) is 78.7. The Hall–Kier alpha value is -9.27. The first-order valence-corrected chi connectivity index (χ1v) is 36.0. The van der Waals surface area contributed by atoms with Gasteiger partial charge in [0, 0.05) is 26.4 Å². The van der Waals surface area contributed by atoms with Gasteiger partial charge in [-0.1, -0.05) is 132 Å². The van der Waals surface area contributed by atoms with Crippen LogP contribution in [0.25, 0.3) is 0 Å². The Morgan fingerprint density at radius 3 is 1.46 bits per heavy atom. The number of aliphatic hydroxyl groups excluding tert-OH is 2. The Balaban J connectivity index is 2.31. The summed E-state index contributed by atoms with van der Waals surface area (Å²) in [6, 6.07) is -9.64. The molecule has 2 aliphatic heterocycles. The van der Waals surface area contributed by atoms with Crippen LogP contribution in [0.1, 0.15) is 168 Å². The average molecular weight is 1470 g/mol. The van der Waals surface area contributed by atoms with Crippen LogP contribution in [0.2, 0.25) is 0 Å². The normalized spacial score (nSPS) is 27.0. The summed E-state index contributed by atoms with van der Waals surface area (Å²) in [4.78, 5) is 203. The lowest BCUT2D eigenvalue weighted by atomic mass is 9.94. The maximum atomic E-state index is 14.8. The number of rotatable bonds is 19. The van der Waals surface area contributed by atoms with E-state index in [4.69, 9.17) is 15.9 Å². The molecular weight excluding hydrogens is 1350 g/mol. The Bertz CT molecular complexity index is 3200. The van der Waals surface area contributed by atoms with Crippen LogP contribution in [0.15, 0.2) is 42.1 Å². The number of carbonyl (C=O) groups excluding carboxylic acids is 14. The van der Waals surface area contributed by atoms with Gasteiger partial charge in [0.2, 0.25) is 70.9 Å². The molecule has 33 nitrogen and oxygen atoms in total. The predicted molar refractivity (Wildman–Crippen MR) is 385 cm³/mol. The quantitative estimate of drug-likeness (QED) is 0.0251. The lowest BCUT2D eigenvalue weighted by molar-refractivity contribution is -0.151. The number of esters is 1. The molecule has 2 aliphatic rings. The summed E-state index contributed by atoms with van der Waals surface area (Å²) in [7, 11) is 0. The molecule has 104 heavy (non-hydrogen) atoms. The number of guanidine groups is 1. The number of ether oxygens (including phenoxy) is 1. The number of allylic oxidation sites excluding steroid dienone is 1. The number of aliphatic hydroxyl groups is 2. The molecule has 18 N–H and O–H groups in total. The Morgan fingerprint density at radius 1 is 0.558 bits per heavy atom. The highest BCUT2D eigenvalue weighted by Crippen LogP contribution is 2.23. The summed E-state index contributed by atoms with van der Waals surface area (Å²) in [6.45, 7) is 26.0. The van der Waals surface area contributed by atoms with E-state index in [1.165, 1.54) is 31.7 Å². The molecule has 0 aliphatic carbocycles. The molecule has 0 bridgehead atoms. The first-order valence-electron chi connectivity index (χ1n) is 36.0. The number of nitrogens with two attached hydrogens (primary N) is 1. The highest BCUT2D eigenvalue weighted by atomic mass is 16.5. The monoisotopic (exact) mass is 1460 g/mol. The molecule has 0 spiro atoms. The molecule has 0 radical (unpaired) electrons. The van der Waals surface area contributed by atoms with Crippen LogP contribution >= 0.6 is 0 Å². The molecule has 3 rings (SSSR count). The van der Waals surface area contributed by atoms with Crippen molar-refractivity contribution in [3.05, 3.63) is 47.7 Å². The van der Waals surface area contributed by atoms with Gasteiger partial charge in [-0.2, -0.15) is 0 Å². The van der Waals surface area contributed by atoms with Crippen molar-refractivity contribution in [2.75, 3.05) is 13.1 Å². The Morgan fingerprint density at radius 2 is 0.981 bits per heavy atom. The maximum absolute atomic E-state index is 14.8. The van der Waals surface area contributed by atoms with Crippen molar-refractivity contribution in [3.8, 4) is 0 Å². The number of hydrogen-bond acceptors (Lipinski definition) is 18. The smallest absolute Gasteiger partial charge is 0.302 e. The number of nitrogens with one attached hydrogen (secondary N) is 14. The first-order chi connectivity index (χ1) is 48.7. The van der Waals surface area contributed by atoms with Gasteiger partial charge in [-0.25, -0.2) is 0 Å². The van der Waals surface area contributed by atoms with E-state index < -0.39 is 209 Å². The Labute approximate surface area is 609 Å². The minimum absolute atomic E-state index is 0.0275. The molecule has 0 aromatic heterocycles. The molecule has 1 aromatic carbocycles. The van der Waals surface area contributed by atoms with Crippen LogP contribution in [-0.4, -0.2) is 208 Å². The fourth-order valence-electron chi connectivity index (χ4n) is 11.8. The van der Waals surface area contributed by atoms with Crippen molar-refractivity contribution in [2.45, 2.75) is 260 Å². The van der Waals surface area contributed by atoms with E-state index in [1.807, 2.05) is 0 Å². The van der Waals surface area contributed by atoms with Crippen molar-refractivity contribution >= 4 is 88.7 Å². The topological polar surface area (TPSA) is 498 Å². The minimum atomic E-state index is -1.87. The molecule has 582 valence electrons. The zero-order valence-electron chi connectivity index (χ0n) is 63.2. The largest absolute Gasteiger partial charge is 0.460 e. The predicted octanol–water partition coefficient (Wildman–Crippen LogP) is -1.33. The van der Waals surface area contributed by atoms with Gasteiger partial charge in [-0.15, -0.1) is 0 Å². The number of nitrogens with zero attached hydrogens (tertiary/aromatic N) is 1. The van der Waals surface area contributed by atoms with Gasteiger partial charge in [-0.05, 0) is 101 Å². The van der Waals surface area contributed by atoms with E-state index in [1.54, 1.807) is 113 Å². The van der Waals surface area contributed by atoms with Gasteiger partial charge in [0.15, 0.2) is 5.96 Å². The second kappa shape index (κ2) is 42.5. The van der Waals surface area contributed by atoms with Gasteiger partial charge < -0.3 is 94.7 Å². The van der Waals surface area contributed by atoms with Crippen molar-refractivity contribution in [1.82, 2.24) is 74.0 Å². The summed E-state index contributed by atoms with van der Waals surface area (Å²) in [5.74, 6) is -17.2. The lowest BCUT2D eigenvalue weighted by Crippen LogP contribution is -2.64. The number of carbonyl (C=O) groups is 14. The number of fused-ring (bicyclic) bond motifs is 1. The minimum Gasteiger partial charge on any atom is -0.460 e.